The summed E-state index contributed by atoms with van der Waals surface area (Å²) in [5, 5.41) is 24.7. The van der Waals surface area contributed by atoms with Crippen LogP contribution < -0.4 is 0 Å². The van der Waals surface area contributed by atoms with Gasteiger partial charge in [0.05, 0.1) is 21.5 Å². The Bertz CT molecular complexity index is 618. The first-order valence-corrected chi connectivity index (χ1v) is 7.94. The molecule has 1 aromatic carbocycles. The Hall–Kier alpha value is -1.33. The summed E-state index contributed by atoms with van der Waals surface area (Å²) in [6.45, 7) is 6.65. The largest absolute Gasteiger partial charge is 0.508 e. The molecule has 0 bridgehead atoms. The molecule has 0 spiro atoms. The quantitative estimate of drug-likeness (QED) is 0.866. The molecule has 0 fully saturated rings. The van der Waals surface area contributed by atoms with E-state index in [1.165, 1.54) is 0 Å². The zero-order valence-electron chi connectivity index (χ0n) is 12.6. The van der Waals surface area contributed by atoms with Crippen LogP contribution in [0.15, 0.2) is 28.7 Å². The van der Waals surface area contributed by atoms with E-state index in [1.807, 2.05) is 11.6 Å². The molecule has 1 atom stereocenters. The summed E-state index contributed by atoms with van der Waals surface area (Å²) >= 11 is 3.61. The number of phenolic OH excluding ortho intramolecular Hbond substituents is 1. The highest BCUT2D eigenvalue weighted by molar-refractivity contribution is 9.10. The van der Waals surface area contributed by atoms with Crippen molar-refractivity contribution in [2.24, 2.45) is 0 Å². The van der Waals surface area contributed by atoms with Gasteiger partial charge in [0, 0.05) is 13.0 Å². The Morgan fingerprint density at radius 1 is 1.24 bits per heavy atom. The van der Waals surface area contributed by atoms with Crippen LogP contribution in [0.3, 0.4) is 0 Å². The van der Waals surface area contributed by atoms with E-state index < -0.39 is 5.60 Å². The molecule has 0 radical (unpaired) electrons. The maximum absolute atomic E-state index is 10.8. The highest BCUT2D eigenvalue weighted by Crippen LogP contribution is 2.31. The number of aromatic nitrogens is 2. The van der Waals surface area contributed by atoms with Gasteiger partial charge in [0.25, 0.3) is 0 Å². The summed E-state index contributed by atoms with van der Waals surface area (Å²) in [4.78, 5) is 0. The lowest BCUT2D eigenvalue weighted by Gasteiger charge is -2.24. The third-order valence-corrected chi connectivity index (χ3v) is 4.61. The van der Waals surface area contributed by atoms with E-state index in [4.69, 9.17) is 0 Å². The first-order chi connectivity index (χ1) is 9.89. The van der Waals surface area contributed by atoms with Crippen molar-refractivity contribution in [1.29, 1.82) is 0 Å². The van der Waals surface area contributed by atoms with Gasteiger partial charge in [0.2, 0.25) is 0 Å². The maximum Gasteiger partial charge on any atom is 0.115 e. The Balaban J connectivity index is 2.36. The number of benzene rings is 1. The van der Waals surface area contributed by atoms with Crippen LogP contribution in [0.4, 0.5) is 0 Å². The highest BCUT2D eigenvalue weighted by Gasteiger charge is 2.27. The topological polar surface area (TPSA) is 58.3 Å². The number of rotatable bonds is 5. The number of hydrogen-bond acceptors (Lipinski definition) is 3. The van der Waals surface area contributed by atoms with Crippen molar-refractivity contribution in [3.8, 4) is 5.75 Å². The fourth-order valence-electron chi connectivity index (χ4n) is 2.43. The van der Waals surface area contributed by atoms with Crippen LogP contribution in [0, 0.1) is 0 Å². The van der Waals surface area contributed by atoms with Gasteiger partial charge >= 0.3 is 0 Å². The molecule has 0 aliphatic carbocycles. The molecule has 1 heterocycles. The molecule has 1 aromatic heterocycles. The van der Waals surface area contributed by atoms with Crippen LogP contribution in [-0.2, 0) is 25.0 Å². The average Bonchev–Trinajstić information content (AvgIpc) is 2.75. The molecule has 4 nitrogen and oxygen atoms in total. The van der Waals surface area contributed by atoms with Crippen LogP contribution in [0.2, 0.25) is 0 Å². The van der Waals surface area contributed by atoms with Gasteiger partial charge < -0.3 is 10.2 Å². The van der Waals surface area contributed by atoms with Crippen molar-refractivity contribution < 1.29 is 10.2 Å². The minimum atomic E-state index is -1.02. The predicted molar refractivity (Wildman–Crippen MR) is 86.4 cm³/mol. The minimum Gasteiger partial charge on any atom is -0.508 e. The second-order valence-corrected chi connectivity index (χ2v) is 6.17. The van der Waals surface area contributed by atoms with Gasteiger partial charge in [-0.25, -0.2) is 0 Å². The van der Waals surface area contributed by atoms with E-state index in [-0.39, 0.29) is 5.75 Å². The summed E-state index contributed by atoms with van der Waals surface area (Å²) in [7, 11) is 0. The Labute approximate surface area is 133 Å². The van der Waals surface area contributed by atoms with Gasteiger partial charge in [0.1, 0.15) is 5.75 Å². The van der Waals surface area contributed by atoms with E-state index in [1.54, 1.807) is 31.2 Å². The zero-order valence-corrected chi connectivity index (χ0v) is 14.2. The van der Waals surface area contributed by atoms with Crippen LogP contribution in [-0.4, -0.2) is 20.0 Å². The lowest BCUT2D eigenvalue weighted by atomic mass is 9.91. The number of aryl methyl sites for hydroxylation is 2. The van der Waals surface area contributed by atoms with Crippen molar-refractivity contribution in [2.45, 2.75) is 45.8 Å². The fraction of sp³-hybridized carbons (Fsp3) is 0.438. The number of nitrogens with zero attached hydrogens (tertiary/aromatic N) is 2. The van der Waals surface area contributed by atoms with Crippen molar-refractivity contribution in [3.05, 3.63) is 45.7 Å². The SMILES string of the molecule is CCc1nn(CC)c(CC(C)(O)c2ccc(O)cc2)c1Br. The normalized spacial score (nSPS) is 14.1. The molecule has 2 aromatic rings. The van der Waals surface area contributed by atoms with E-state index in [0.717, 1.165) is 34.4 Å². The lowest BCUT2D eigenvalue weighted by Crippen LogP contribution is -2.26. The molecule has 21 heavy (non-hydrogen) atoms. The standard InChI is InChI=1S/C16H21BrN2O2/c1-4-13-15(17)14(19(5-2)18-13)10-16(3,21)11-6-8-12(20)9-7-11/h6-9,20-21H,4-5,10H2,1-3H3. The van der Waals surface area contributed by atoms with Crippen LogP contribution >= 0.6 is 15.9 Å². The summed E-state index contributed by atoms with van der Waals surface area (Å²) in [6.07, 6.45) is 1.31. The molecule has 1 unspecified atom stereocenters. The van der Waals surface area contributed by atoms with Gasteiger partial charge in [-0.15, -0.1) is 0 Å². The van der Waals surface area contributed by atoms with Crippen molar-refractivity contribution in [3.63, 3.8) is 0 Å². The molecule has 2 rings (SSSR count). The Morgan fingerprint density at radius 3 is 2.38 bits per heavy atom. The third-order valence-electron chi connectivity index (χ3n) is 3.70. The Morgan fingerprint density at radius 2 is 1.86 bits per heavy atom. The van der Waals surface area contributed by atoms with E-state index in [2.05, 4.69) is 28.0 Å². The molecule has 0 aliphatic heterocycles. The number of hydrogen-bond donors (Lipinski definition) is 2. The van der Waals surface area contributed by atoms with Crippen LogP contribution in [0.5, 0.6) is 5.75 Å². The smallest absolute Gasteiger partial charge is 0.115 e. The minimum absolute atomic E-state index is 0.197. The number of halogens is 1. The maximum atomic E-state index is 10.8. The fourth-order valence-corrected chi connectivity index (χ4v) is 3.14. The predicted octanol–water partition coefficient (Wildman–Crippen LogP) is 3.38. The van der Waals surface area contributed by atoms with Gasteiger partial charge in [-0.2, -0.15) is 5.10 Å². The van der Waals surface area contributed by atoms with Gasteiger partial charge in [0.15, 0.2) is 0 Å². The Kier molecular flexibility index (Phi) is 4.74. The lowest BCUT2D eigenvalue weighted by molar-refractivity contribution is 0.0552. The van der Waals surface area contributed by atoms with E-state index >= 15 is 0 Å². The molecule has 0 saturated carbocycles. The van der Waals surface area contributed by atoms with Gasteiger partial charge in [-0.3, -0.25) is 4.68 Å². The van der Waals surface area contributed by atoms with Crippen molar-refractivity contribution in [1.82, 2.24) is 9.78 Å². The van der Waals surface area contributed by atoms with Crippen molar-refractivity contribution >= 4 is 15.9 Å². The molecule has 0 aliphatic rings. The molecule has 2 N–H and O–H groups in total. The summed E-state index contributed by atoms with van der Waals surface area (Å²) < 4.78 is 2.91. The summed E-state index contributed by atoms with van der Waals surface area (Å²) in [6, 6.07) is 6.67. The van der Waals surface area contributed by atoms with Crippen molar-refractivity contribution in [2.75, 3.05) is 0 Å². The zero-order chi connectivity index (χ0) is 15.6. The molecule has 5 heteroatoms. The summed E-state index contributed by atoms with van der Waals surface area (Å²) in [5.41, 5.74) is 1.75. The monoisotopic (exact) mass is 352 g/mol. The van der Waals surface area contributed by atoms with Gasteiger partial charge in [-0.1, -0.05) is 19.1 Å². The summed E-state index contributed by atoms with van der Waals surface area (Å²) in [5.74, 6) is 0.197. The number of aromatic hydroxyl groups is 1. The molecule has 114 valence electrons. The molecular formula is C16H21BrN2O2. The van der Waals surface area contributed by atoms with Gasteiger partial charge in [-0.05, 0) is 53.9 Å². The first-order valence-electron chi connectivity index (χ1n) is 7.15. The first kappa shape index (κ1) is 16.0. The molecule has 0 saturated heterocycles. The second kappa shape index (κ2) is 6.20. The highest BCUT2D eigenvalue weighted by atomic mass is 79.9. The number of phenols is 1. The number of aliphatic hydroxyl groups is 1. The van der Waals surface area contributed by atoms with Crippen LogP contribution in [0.25, 0.3) is 0 Å². The van der Waals surface area contributed by atoms with E-state index in [9.17, 15) is 10.2 Å². The average molecular weight is 353 g/mol. The third kappa shape index (κ3) is 3.30. The van der Waals surface area contributed by atoms with E-state index in [0.29, 0.717) is 6.42 Å². The molecular weight excluding hydrogens is 332 g/mol. The second-order valence-electron chi connectivity index (χ2n) is 5.37. The molecule has 0 amide bonds. The van der Waals surface area contributed by atoms with Crippen LogP contribution in [0.1, 0.15) is 37.7 Å².